The van der Waals surface area contributed by atoms with Gasteiger partial charge in [-0.3, -0.25) is 14.2 Å². The minimum Gasteiger partial charge on any atom is -0.325 e. The van der Waals surface area contributed by atoms with Crippen molar-refractivity contribution in [3.63, 3.8) is 0 Å². The van der Waals surface area contributed by atoms with Crippen LogP contribution in [0, 0.1) is 19.8 Å². The molecule has 0 radical (unpaired) electrons. The second-order valence-electron chi connectivity index (χ2n) is 8.32. The highest BCUT2D eigenvalue weighted by Gasteiger charge is 2.18. The number of hydrogen-bond acceptors (Lipinski definition) is 6. The molecule has 3 heterocycles. The first-order valence-electron chi connectivity index (χ1n) is 10.6. The number of pyridine rings is 1. The number of nitrogens with zero attached hydrogens (tertiary/aromatic N) is 3. The molecule has 8 heteroatoms. The number of aryl methyl sites for hydroxylation is 2. The SMILES string of the molecule is Cc1ccc(C)c(NC(=O)CSc2nc3c(sc4ncccc43)c(=O)n2CCC(C)C)c1. The highest BCUT2D eigenvalue weighted by atomic mass is 32.2. The third kappa shape index (κ3) is 4.71. The number of amides is 1. The molecular formula is C24H26N4O2S2. The van der Waals surface area contributed by atoms with Crippen LogP contribution in [0.2, 0.25) is 0 Å². The fourth-order valence-corrected chi connectivity index (χ4v) is 5.27. The van der Waals surface area contributed by atoms with Crippen molar-refractivity contribution >= 4 is 55.1 Å². The summed E-state index contributed by atoms with van der Waals surface area (Å²) in [6.45, 7) is 8.80. The van der Waals surface area contributed by atoms with Crippen molar-refractivity contribution in [2.45, 2.75) is 45.8 Å². The van der Waals surface area contributed by atoms with Crippen molar-refractivity contribution in [2.75, 3.05) is 11.1 Å². The fraction of sp³-hybridized carbons (Fsp3) is 0.333. The molecule has 32 heavy (non-hydrogen) atoms. The number of hydrogen-bond donors (Lipinski definition) is 1. The number of carbonyl (C=O) groups excluding carboxylic acids is 1. The Balaban J connectivity index is 1.65. The lowest BCUT2D eigenvalue weighted by molar-refractivity contribution is -0.113. The number of thiophene rings is 1. The molecule has 0 saturated heterocycles. The number of rotatable bonds is 7. The van der Waals surface area contributed by atoms with E-state index in [-0.39, 0.29) is 17.2 Å². The van der Waals surface area contributed by atoms with Gasteiger partial charge in [0.25, 0.3) is 5.56 Å². The molecule has 4 rings (SSSR count). The van der Waals surface area contributed by atoms with Gasteiger partial charge in [0.05, 0.1) is 11.3 Å². The van der Waals surface area contributed by atoms with Crippen molar-refractivity contribution in [1.82, 2.24) is 14.5 Å². The first kappa shape index (κ1) is 22.5. The van der Waals surface area contributed by atoms with Crippen LogP contribution in [0.15, 0.2) is 46.5 Å². The normalized spacial score (nSPS) is 11.5. The van der Waals surface area contributed by atoms with Crippen LogP contribution in [-0.2, 0) is 11.3 Å². The molecule has 0 spiro atoms. The van der Waals surface area contributed by atoms with Crippen LogP contribution in [0.5, 0.6) is 0 Å². The predicted octanol–water partition coefficient (Wildman–Crippen LogP) is 5.40. The Morgan fingerprint density at radius 3 is 2.84 bits per heavy atom. The van der Waals surface area contributed by atoms with Gasteiger partial charge in [-0.05, 0) is 55.5 Å². The van der Waals surface area contributed by atoms with Gasteiger partial charge in [-0.1, -0.05) is 37.7 Å². The molecule has 0 bridgehead atoms. The van der Waals surface area contributed by atoms with Gasteiger partial charge in [0.2, 0.25) is 5.91 Å². The average molecular weight is 467 g/mol. The molecule has 0 aliphatic carbocycles. The minimum absolute atomic E-state index is 0.0592. The molecule has 1 aromatic carbocycles. The summed E-state index contributed by atoms with van der Waals surface area (Å²) < 4.78 is 2.33. The van der Waals surface area contributed by atoms with E-state index in [1.165, 1.54) is 23.1 Å². The number of anilines is 1. The minimum atomic E-state index is -0.120. The van der Waals surface area contributed by atoms with E-state index in [2.05, 4.69) is 24.1 Å². The molecule has 0 saturated carbocycles. The van der Waals surface area contributed by atoms with Crippen molar-refractivity contribution in [3.05, 3.63) is 58.0 Å². The van der Waals surface area contributed by atoms with E-state index in [0.717, 1.165) is 33.5 Å². The maximum absolute atomic E-state index is 13.3. The van der Waals surface area contributed by atoms with E-state index in [9.17, 15) is 9.59 Å². The van der Waals surface area contributed by atoms with Gasteiger partial charge in [0.1, 0.15) is 9.53 Å². The van der Waals surface area contributed by atoms with Crippen molar-refractivity contribution in [2.24, 2.45) is 5.92 Å². The van der Waals surface area contributed by atoms with Crippen molar-refractivity contribution < 1.29 is 4.79 Å². The second kappa shape index (κ2) is 9.42. The quantitative estimate of drug-likeness (QED) is 0.291. The second-order valence-corrected chi connectivity index (χ2v) is 10.3. The highest BCUT2D eigenvalue weighted by molar-refractivity contribution is 7.99. The number of carbonyl (C=O) groups is 1. The van der Waals surface area contributed by atoms with Gasteiger partial charge in [-0.2, -0.15) is 0 Å². The number of aromatic nitrogens is 3. The number of fused-ring (bicyclic) bond motifs is 3. The van der Waals surface area contributed by atoms with Crippen LogP contribution in [0.3, 0.4) is 0 Å². The van der Waals surface area contributed by atoms with E-state index in [0.29, 0.717) is 27.8 Å². The van der Waals surface area contributed by atoms with Gasteiger partial charge >= 0.3 is 0 Å². The van der Waals surface area contributed by atoms with Crippen LogP contribution >= 0.6 is 23.1 Å². The topological polar surface area (TPSA) is 76.9 Å². The van der Waals surface area contributed by atoms with E-state index < -0.39 is 0 Å². The van der Waals surface area contributed by atoms with Crippen LogP contribution in [0.1, 0.15) is 31.4 Å². The molecule has 0 fully saturated rings. The zero-order valence-electron chi connectivity index (χ0n) is 18.6. The summed E-state index contributed by atoms with van der Waals surface area (Å²) in [4.78, 5) is 36.0. The monoisotopic (exact) mass is 466 g/mol. The van der Waals surface area contributed by atoms with Gasteiger partial charge in [-0.15, -0.1) is 11.3 Å². The summed E-state index contributed by atoms with van der Waals surface area (Å²) in [6.07, 6.45) is 2.58. The Labute approximate surface area is 195 Å². The predicted molar refractivity (Wildman–Crippen MR) is 134 cm³/mol. The van der Waals surface area contributed by atoms with Crippen LogP contribution in [0.25, 0.3) is 20.4 Å². The Morgan fingerprint density at radius 1 is 1.25 bits per heavy atom. The van der Waals surface area contributed by atoms with Gasteiger partial charge in [0.15, 0.2) is 5.16 Å². The molecule has 1 N–H and O–H groups in total. The standard InChI is InChI=1S/C24H26N4O2S2/c1-14(2)9-11-28-23(30)21-20(17-6-5-10-25-22(17)32-21)27-24(28)31-13-19(29)26-18-12-15(3)7-8-16(18)4/h5-8,10,12,14H,9,11,13H2,1-4H3,(H,26,29). The van der Waals surface area contributed by atoms with Crippen LogP contribution in [-0.4, -0.2) is 26.2 Å². The molecule has 0 unspecified atom stereocenters. The lowest BCUT2D eigenvalue weighted by Gasteiger charge is -2.14. The lowest BCUT2D eigenvalue weighted by Crippen LogP contribution is -2.24. The summed E-state index contributed by atoms with van der Waals surface area (Å²) in [5.41, 5.74) is 3.52. The summed E-state index contributed by atoms with van der Waals surface area (Å²) in [5.74, 6) is 0.505. The average Bonchev–Trinajstić information content (AvgIpc) is 3.13. The first-order chi connectivity index (χ1) is 15.3. The van der Waals surface area contributed by atoms with Gasteiger partial charge < -0.3 is 5.32 Å². The lowest BCUT2D eigenvalue weighted by atomic mass is 10.1. The van der Waals surface area contributed by atoms with E-state index in [1.807, 2.05) is 44.2 Å². The molecular weight excluding hydrogens is 440 g/mol. The smallest absolute Gasteiger partial charge is 0.272 e. The van der Waals surface area contributed by atoms with Crippen molar-refractivity contribution in [3.8, 4) is 0 Å². The van der Waals surface area contributed by atoms with E-state index >= 15 is 0 Å². The zero-order valence-corrected chi connectivity index (χ0v) is 20.3. The highest BCUT2D eigenvalue weighted by Crippen LogP contribution is 2.30. The van der Waals surface area contributed by atoms with Gasteiger partial charge in [-0.25, -0.2) is 9.97 Å². The Hall–Kier alpha value is -2.71. The Kier molecular flexibility index (Phi) is 6.62. The molecule has 1 amide bonds. The molecule has 0 aliphatic heterocycles. The van der Waals surface area contributed by atoms with Crippen LogP contribution in [0.4, 0.5) is 5.69 Å². The van der Waals surface area contributed by atoms with Gasteiger partial charge in [0, 0.05) is 23.8 Å². The third-order valence-corrected chi connectivity index (χ3v) is 7.31. The third-order valence-electron chi connectivity index (χ3n) is 5.25. The maximum Gasteiger partial charge on any atom is 0.272 e. The summed E-state index contributed by atoms with van der Waals surface area (Å²) in [5, 5.41) is 4.43. The van der Waals surface area contributed by atoms with Crippen molar-refractivity contribution in [1.29, 1.82) is 0 Å². The molecule has 6 nitrogen and oxygen atoms in total. The Bertz CT molecular complexity index is 1360. The molecule has 4 aromatic rings. The van der Waals surface area contributed by atoms with Crippen LogP contribution < -0.4 is 10.9 Å². The fourth-order valence-electron chi connectivity index (χ4n) is 3.42. The summed E-state index contributed by atoms with van der Waals surface area (Å²) in [6, 6.07) is 9.77. The summed E-state index contributed by atoms with van der Waals surface area (Å²) >= 11 is 2.68. The largest absolute Gasteiger partial charge is 0.325 e. The van der Waals surface area contributed by atoms with E-state index in [4.69, 9.17) is 4.98 Å². The maximum atomic E-state index is 13.3. The zero-order chi connectivity index (χ0) is 22.8. The number of thioether (sulfide) groups is 1. The summed E-state index contributed by atoms with van der Waals surface area (Å²) in [7, 11) is 0. The molecule has 0 aliphatic rings. The first-order valence-corrected chi connectivity index (χ1v) is 12.4. The Morgan fingerprint density at radius 2 is 2.06 bits per heavy atom. The molecule has 166 valence electrons. The molecule has 3 aromatic heterocycles. The number of nitrogens with one attached hydrogen (secondary N) is 1. The number of benzene rings is 1. The van der Waals surface area contributed by atoms with E-state index in [1.54, 1.807) is 10.8 Å². The molecule has 0 atom stereocenters.